The van der Waals surface area contributed by atoms with Gasteiger partial charge in [0.2, 0.25) is 0 Å². The normalized spacial score (nSPS) is 38.0. The molecule has 1 aliphatic heterocycles. The average Bonchev–Trinajstić information content (AvgIpc) is 2.49. The van der Waals surface area contributed by atoms with Gasteiger partial charge >= 0.3 is 0 Å². The maximum atomic E-state index is 9.88. The summed E-state index contributed by atoms with van der Waals surface area (Å²) in [6.07, 6.45) is -0.809. The SMILES string of the molecule is OC[C@@H]1O[C@@H](NC(=S)OC2CCCCC2)[C@H](O)[C@H](O)[C@@H]1O. The van der Waals surface area contributed by atoms with Crippen molar-refractivity contribution in [2.75, 3.05) is 6.61 Å². The van der Waals surface area contributed by atoms with Gasteiger partial charge in [-0.15, -0.1) is 0 Å². The molecule has 1 aliphatic carbocycles. The van der Waals surface area contributed by atoms with Gasteiger partial charge in [-0.1, -0.05) is 6.42 Å². The second kappa shape index (κ2) is 7.66. The van der Waals surface area contributed by atoms with Gasteiger partial charge in [-0.3, -0.25) is 0 Å². The molecule has 0 aromatic carbocycles. The van der Waals surface area contributed by atoms with Crippen LogP contribution in [0, 0.1) is 0 Å². The quantitative estimate of drug-likeness (QED) is 0.421. The van der Waals surface area contributed by atoms with Gasteiger partial charge in [-0.25, -0.2) is 0 Å². The maximum absolute atomic E-state index is 9.88. The van der Waals surface area contributed by atoms with E-state index in [0.717, 1.165) is 25.7 Å². The Morgan fingerprint density at radius 2 is 1.76 bits per heavy atom. The summed E-state index contributed by atoms with van der Waals surface area (Å²) in [4.78, 5) is 0. The van der Waals surface area contributed by atoms with Gasteiger partial charge in [0.15, 0.2) is 6.23 Å². The zero-order valence-electron chi connectivity index (χ0n) is 11.7. The first-order chi connectivity index (χ1) is 10.0. The lowest BCUT2D eigenvalue weighted by Gasteiger charge is -2.40. The molecule has 1 saturated heterocycles. The Morgan fingerprint density at radius 1 is 1.10 bits per heavy atom. The monoisotopic (exact) mass is 321 g/mol. The number of ether oxygens (including phenoxy) is 2. The van der Waals surface area contributed by atoms with E-state index in [4.69, 9.17) is 26.8 Å². The first-order valence-corrected chi connectivity index (χ1v) is 7.71. The summed E-state index contributed by atoms with van der Waals surface area (Å²) < 4.78 is 10.9. The zero-order valence-corrected chi connectivity index (χ0v) is 12.5. The van der Waals surface area contributed by atoms with Gasteiger partial charge in [-0.05, 0) is 37.9 Å². The number of aliphatic hydroxyl groups is 4. The lowest BCUT2D eigenvalue weighted by Crippen LogP contribution is -2.63. The highest BCUT2D eigenvalue weighted by atomic mass is 32.1. The van der Waals surface area contributed by atoms with Crippen LogP contribution in [-0.2, 0) is 9.47 Å². The molecule has 2 aliphatic rings. The predicted molar refractivity (Wildman–Crippen MR) is 77.5 cm³/mol. The Bertz CT molecular complexity index is 350. The van der Waals surface area contributed by atoms with Crippen molar-refractivity contribution in [3.63, 3.8) is 0 Å². The first-order valence-electron chi connectivity index (χ1n) is 7.30. The summed E-state index contributed by atoms with van der Waals surface area (Å²) in [5.74, 6) is 0. The molecule has 0 bridgehead atoms. The van der Waals surface area contributed by atoms with E-state index >= 15 is 0 Å². The zero-order chi connectivity index (χ0) is 15.4. The van der Waals surface area contributed by atoms with E-state index in [1.54, 1.807) is 0 Å². The van der Waals surface area contributed by atoms with Gasteiger partial charge in [0.1, 0.15) is 30.5 Å². The maximum Gasteiger partial charge on any atom is 0.259 e. The van der Waals surface area contributed by atoms with Crippen molar-refractivity contribution < 1.29 is 29.9 Å². The highest BCUT2D eigenvalue weighted by Crippen LogP contribution is 2.22. The van der Waals surface area contributed by atoms with Crippen molar-refractivity contribution in [3.8, 4) is 0 Å². The second-order valence-corrected chi connectivity index (χ2v) is 5.93. The van der Waals surface area contributed by atoms with E-state index in [1.165, 1.54) is 6.42 Å². The fourth-order valence-electron chi connectivity index (χ4n) is 2.71. The Morgan fingerprint density at radius 3 is 2.38 bits per heavy atom. The van der Waals surface area contributed by atoms with Crippen molar-refractivity contribution in [2.45, 2.75) is 68.9 Å². The van der Waals surface area contributed by atoms with Crippen LogP contribution in [0.4, 0.5) is 0 Å². The molecule has 8 heteroatoms. The molecule has 0 spiro atoms. The minimum Gasteiger partial charge on any atom is -0.468 e. The smallest absolute Gasteiger partial charge is 0.259 e. The number of thiocarbonyl (C=S) groups is 1. The molecule has 122 valence electrons. The number of hydrogen-bond donors (Lipinski definition) is 5. The highest BCUT2D eigenvalue weighted by molar-refractivity contribution is 7.80. The molecule has 7 nitrogen and oxygen atoms in total. The molecule has 0 unspecified atom stereocenters. The van der Waals surface area contributed by atoms with Crippen LogP contribution in [0.3, 0.4) is 0 Å². The third-order valence-electron chi connectivity index (χ3n) is 3.98. The van der Waals surface area contributed by atoms with E-state index in [1.807, 2.05) is 0 Å². The third-order valence-corrected chi connectivity index (χ3v) is 4.19. The Balaban J connectivity index is 1.86. The summed E-state index contributed by atoms with van der Waals surface area (Å²) in [5, 5.41) is 41.1. The fourth-order valence-corrected chi connectivity index (χ4v) is 2.96. The predicted octanol–water partition coefficient (Wildman–Crippen LogP) is -0.990. The molecule has 1 saturated carbocycles. The molecule has 0 aromatic heterocycles. The molecule has 1 heterocycles. The number of hydrogen-bond acceptors (Lipinski definition) is 7. The molecule has 21 heavy (non-hydrogen) atoms. The number of aliphatic hydroxyl groups excluding tert-OH is 4. The molecule has 2 fully saturated rings. The van der Waals surface area contributed by atoms with Gasteiger partial charge < -0.3 is 35.2 Å². The standard InChI is InChI=1S/C13H23NO6S/c15-6-8-9(16)10(17)11(18)12(20-8)14-13(21)19-7-4-2-1-3-5-7/h7-12,15-18H,1-6H2,(H,14,21)/t8-,9+,10+,11+,12+/m0/s1. The van der Waals surface area contributed by atoms with Crippen LogP contribution >= 0.6 is 12.2 Å². The van der Waals surface area contributed by atoms with Gasteiger partial charge in [0.05, 0.1) is 6.61 Å². The van der Waals surface area contributed by atoms with E-state index in [2.05, 4.69) is 5.32 Å². The van der Waals surface area contributed by atoms with Crippen LogP contribution in [0.25, 0.3) is 0 Å². The topological polar surface area (TPSA) is 111 Å². The number of nitrogens with one attached hydrogen (secondary N) is 1. The van der Waals surface area contributed by atoms with Crippen LogP contribution in [0.1, 0.15) is 32.1 Å². The molecule has 0 radical (unpaired) electrons. The van der Waals surface area contributed by atoms with E-state index in [9.17, 15) is 15.3 Å². The summed E-state index contributed by atoms with van der Waals surface area (Å²) in [6.45, 7) is -0.473. The van der Waals surface area contributed by atoms with Crippen LogP contribution in [0.15, 0.2) is 0 Å². The molecule has 5 N–H and O–H groups in total. The van der Waals surface area contributed by atoms with Gasteiger partial charge in [0, 0.05) is 0 Å². The summed E-state index contributed by atoms with van der Waals surface area (Å²) in [5.41, 5.74) is 0. The van der Waals surface area contributed by atoms with Crippen molar-refractivity contribution in [1.82, 2.24) is 5.32 Å². The lowest BCUT2D eigenvalue weighted by atomic mass is 9.98. The van der Waals surface area contributed by atoms with Crippen molar-refractivity contribution >= 4 is 17.4 Å². The second-order valence-electron chi connectivity index (χ2n) is 5.56. The molecule has 2 rings (SSSR count). The number of rotatable bonds is 3. The van der Waals surface area contributed by atoms with Crippen LogP contribution in [0.2, 0.25) is 0 Å². The Labute approximate surface area is 128 Å². The fraction of sp³-hybridized carbons (Fsp3) is 0.923. The van der Waals surface area contributed by atoms with Crippen molar-refractivity contribution in [2.24, 2.45) is 0 Å². The highest BCUT2D eigenvalue weighted by Gasteiger charge is 2.43. The molecule has 0 amide bonds. The van der Waals surface area contributed by atoms with E-state index in [-0.39, 0.29) is 11.3 Å². The summed E-state index contributed by atoms with van der Waals surface area (Å²) >= 11 is 5.08. The average molecular weight is 321 g/mol. The van der Waals surface area contributed by atoms with Crippen molar-refractivity contribution in [1.29, 1.82) is 0 Å². The van der Waals surface area contributed by atoms with Crippen LogP contribution in [-0.4, -0.2) is 69.0 Å². The largest absolute Gasteiger partial charge is 0.468 e. The molecule has 5 atom stereocenters. The summed E-state index contributed by atoms with van der Waals surface area (Å²) in [6, 6.07) is 0. The molecule has 0 aromatic rings. The van der Waals surface area contributed by atoms with Crippen molar-refractivity contribution in [3.05, 3.63) is 0 Å². The molecular formula is C13H23NO6S. The first kappa shape index (κ1) is 16.9. The van der Waals surface area contributed by atoms with Gasteiger partial charge in [0.25, 0.3) is 5.17 Å². The van der Waals surface area contributed by atoms with Crippen LogP contribution < -0.4 is 5.32 Å². The Kier molecular flexibility index (Phi) is 6.15. The molecular weight excluding hydrogens is 298 g/mol. The lowest BCUT2D eigenvalue weighted by molar-refractivity contribution is -0.233. The van der Waals surface area contributed by atoms with Crippen LogP contribution in [0.5, 0.6) is 0 Å². The Hall–Kier alpha value is -0.510. The minimum absolute atomic E-state index is 0.0589. The van der Waals surface area contributed by atoms with E-state index in [0.29, 0.717) is 0 Å². The van der Waals surface area contributed by atoms with E-state index < -0.39 is 37.3 Å². The summed E-state index contributed by atoms with van der Waals surface area (Å²) in [7, 11) is 0. The minimum atomic E-state index is -1.43. The third kappa shape index (κ3) is 4.24. The van der Waals surface area contributed by atoms with Gasteiger partial charge in [-0.2, -0.15) is 0 Å².